The molecule has 4 unspecified atom stereocenters. The van der Waals surface area contributed by atoms with Crippen LogP contribution in [0.4, 0.5) is 0 Å². The minimum atomic E-state index is 0.208. The standard InChI is InChI=1S/C14H24N2/c1-11-6-7-13(9-12(11)2)16-8-4-3-5-14(16)10-15/h11-14H,3-9H2,1-2H3. The molecular weight excluding hydrogens is 196 g/mol. The van der Waals surface area contributed by atoms with Crippen molar-refractivity contribution in [1.29, 1.82) is 5.26 Å². The molecule has 1 saturated carbocycles. The van der Waals surface area contributed by atoms with Gasteiger partial charge in [-0.05, 0) is 56.9 Å². The monoisotopic (exact) mass is 220 g/mol. The van der Waals surface area contributed by atoms with Gasteiger partial charge in [0.15, 0.2) is 0 Å². The van der Waals surface area contributed by atoms with Crippen molar-refractivity contribution in [3.8, 4) is 6.07 Å². The lowest BCUT2D eigenvalue weighted by Gasteiger charge is -2.43. The molecule has 0 aromatic carbocycles. The first-order valence-corrected chi connectivity index (χ1v) is 6.87. The Kier molecular flexibility index (Phi) is 3.86. The van der Waals surface area contributed by atoms with E-state index in [0.29, 0.717) is 6.04 Å². The van der Waals surface area contributed by atoms with Crippen molar-refractivity contribution in [1.82, 2.24) is 4.90 Å². The van der Waals surface area contributed by atoms with Gasteiger partial charge >= 0.3 is 0 Å². The molecule has 0 N–H and O–H groups in total. The Balaban J connectivity index is 1.98. The minimum Gasteiger partial charge on any atom is -0.285 e. The molecule has 90 valence electrons. The Morgan fingerprint density at radius 2 is 1.88 bits per heavy atom. The fourth-order valence-electron chi connectivity index (χ4n) is 3.35. The van der Waals surface area contributed by atoms with E-state index in [-0.39, 0.29) is 6.04 Å². The molecule has 0 amide bonds. The van der Waals surface area contributed by atoms with E-state index in [9.17, 15) is 5.26 Å². The summed E-state index contributed by atoms with van der Waals surface area (Å²) in [5, 5.41) is 9.22. The maximum absolute atomic E-state index is 9.22. The summed E-state index contributed by atoms with van der Waals surface area (Å²) < 4.78 is 0. The second-order valence-electron chi connectivity index (χ2n) is 5.80. The van der Waals surface area contributed by atoms with E-state index in [2.05, 4.69) is 24.8 Å². The van der Waals surface area contributed by atoms with Crippen molar-refractivity contribution in [3.63, 3.8) is 0 Å². The van der Waals surface area contributed by atoms with Crippen molar-refractivity contribution >= 4 is 0 Å². The topological polar surface area (TPSA) is 27.0 Å². The molecule has 1 aliphatic carbocycles. The van der Waals surface area contributed by atoms with Gasteiger partial charge in [0.1, 0.15) is 0 Å². The number of hydrogen-bond donors (Lipinski definition) is 0. The Bertz CT molecular complexity index is 268. The smallest absolute Gasteiger partial charge is 0.0980 e. The number of likely N-dealkylation sites (tertiary alicyclic amines) is 1. The highest BCUT2D eigenvalue weighted by molar-refractivity contribution is 4.97. The zero-order valence-corrected chi connectivity index (χ0v) is 10.7. The number of nitrogens with zero attached hydrogens (tertiary/aromatic N) is 2. The highest BCUT2D eigenvalue weighted by Gasteiger charge is 2.33. The first-order chi connectivity index (χ1) is 7.72. The average Bonchev–Trinajstić information content (AvgIpc) is 2.32. The summed E-state index contributed by atoms with van der Waals surface area (Å²) in [6.45, 7) is 5.91. The molecule has 0 aromatic rings. The SMILES string of the molecule is CC1CCC(N2CCCCC2C#N)CC1C. The molecule has 0 aromatic heterocycles. The maximum Gasteiger partial charge on any atom is 0.0980 e. The fraction of sp³-hybridized carbons (Fsp3) is 0.929. The second kappa shape index (κ2) is 5.19. The Hall–Kier alpha value is -0.550. The predicted molar refractivity (Wildman–Crippen MR) is 65.9 cm³/mol. The van der Waals surface area contributed by atoms with Crippen LogP contribution in [0.3, 0.4) is 0 Å². The molecule has 16 heavy (non-hydrogen) atoms. The lowest BCUT2D eigenvalue weighted by atomic mass is 9.78. The molecule has 2 aliphatic rings. The number of hydrogen-bond acceptors (Lipinski definition) is 2. The molecule has 0 radical (unpaired) electrons. The van der Waals surface area contributed by atoms with Crippen molar-refractivity contribution in [3.05, 3.63) is 0 Å². The summed E-state index contributed by atoms with van der Waals surface area (Å²) in [6.07, 6.45) is 7.59. The van der Waals surface area contributed by atoms with Gasteiger partial charge in [-0.1, -0.05) is 13.8 Å². The van der Waals surface area contributed by atoms with Gasteiger partial charge in [-0.15, -0.1) is 0 Å². The molecule has 1 saturated heterocycles. The quantitative estimate of drug-likeness (QED) is 0.678. The summed E-state index contributed by atoms with van der Waals surface area (Å²) in [7, 11) is 0. The minimum absolute atomic E-state index is 0.208. The highest BCUT2D eigenvalue weighted by Crippen LogP contribution is 2.34. The summed E-state index contributed by atoms with van der Waals surface area (Å²) in [4.78, 5) is 2.51. The third-order valence-corrected chi connectivity index (χ3v) is 4.73. The van der Waals surface area contributed by atoms with Crippen molar-refractivity contribution < 1.29 is 0 Å². The average molecular weight is 220 g/mol. The van der Waals surface area contributed by atoms with Crippen molar-refractivity contribution in [2.24, 2.45) is 11.8 Å². The molecule has 0 spiro atoms. The van der Waals surface area contributed by atoms with E-state index in [1.54, 1.807) is 0 Å². The van der Waals surface area contributed by atoms with E-state index in [1.807, 2.05) is 0 Å². The number of rotatable bonds is 1. The van der Waals surface area contributed by atoms with E-state index in [1.165, 1.54) is 32.1 Å². The molecule has 0 bridgehead atoms. The normalized spacial score (nSPS) is 41.6. The molecule has 2 rings (SSSR count). The molecule has 2 heteroatoms. The fourth-order valence-corrected chi connectivity index (χ4v) is 3.35. The van der Waals surface area contributed by atoms with Crippen molar-refractivity contribution in [2.45, 2.75) is 64.5 Å². The Labute approximate surface area is 99.6 Å². The van der Waals surface area contributed by atoms with Crippen LogP contribution in [0.2, 0.25) is 0 Å². The van der Waals surface area contributed by atoms with Crippen LogP contribution in [0.25, 0.3) is 0 Å². The van der Waals surface area contributed by atoms with E-state index < -0.39 is 0 Å². The first kappa shape index (κ1) is 11.9. The van der Waals surface area contributed by atoms with Gasteiger partial charge in [-0.3, -0.25) is 4.90 Å². The van der Waals surface area contributed by atoms with Crippen LogP contribution in [0, 0.1) is 23.2 Å². The van der Waals surface area contributed by atoms with Crippen molar-refractivity contribution in [2.75, 3.05) is 6.54 Å². The summed E-state index contributed by atoms with van der Waals surface area (Å²) in [5.41, 5.74) is 0. The Morgan fingerprint density at radius 3 is 2.56 bits per heavy atom. The zero-order valence-electron chi connectivity index (χ0n) is 10.7. The lowest BCUT2D eigenvalue weighted by molar-refractivity contribution is 0.0682. The maximum atomic E-state index is 9.22. The first-order valence-electron chi connectivity index (χ1n) is 6.87. The van der Waals surface area contributed by atoms with E-state index >= 15 is 0 Å². The van der Waals surface area contributed by atoms with Gasteiger partial charge in [0.05, 0.1) is 12.1 Å². The molecular formula is C14H24N2. The molecule has 1 aliphatic heterocycles. The van der Waals surface area contributed by atoms with E-state index in [0.717, 1.165) is 24.8 Å². The lowest BCUT2D eigenvalue weighted by Crippen LogP contribution is -2.48. The second-order valence-corrected chi connectivity index (χ2v) is 5.80. The molecule has 1 heterocycles. The van der Waals surface area contributed by atoms with Gasteiger partial charge in [0.25, 0.3) is 0 Å². The number of piperidine rings is 1. The summed E-state index contributed by atoms with van der Waals surface area (Å²) >= 11 is 0. The number of nitriles is 1. The molecule has 2 nitrogen and oxygen atoms in total. The van der Waals surface area contributed by atoms with Crippen LogP contribution in [0.1, 0.15) is 52.4 Å². The third-order valence-electron chi connectivity index (χ3n) is 4.73. The van der Waals surface area contributed by atoms with Crippen LogP contribution >= 0.6 is 0 Å². The van der Waals surface area contributed by atoms with Crippen LogP contribution in [0.5, 0.6) is 0 Å². The molecule has 2 fully saturated rings. The van der Waals surface area contributed by atoms with Crippen LogP contribution in [-0.4, -0.2) is 23.5 Å². The van der Waals surface area contributed by atoms with Crippen LogP contribution in [0.15, 0.2) is 0 Å². The van der Waals surface area contributed by atoms with Gasteiger partial charge in [0, 0.05) is 6.04 Å². The van der Waals surface area contributed by atoms with Gasteiger partial charge < -0.3 is 0 Å². The summed E-state index contributed by atoms with van der Waals surface area (Å²) in [6, 6.07) is 3.40. The molecule has 4 atom stereocenters. The predicted octanol–water partition coefficient (Wildman–Crippen LogP) is 3.19. The summed E-state index contributed by atoms with van der Waals surface area (Å²) in [5.74, 6) is 1.71. The van der Waals surface area contributed by atoms with Gasteiger partial charge in [0.2, 0.25) is 0 Å². The van der Waals surface area contributed by atoms with Gasteiger partial charge in [-0.25, -0.2) is 0 Å². The van der Waals surface area contributed by atoms with Crippen LogP contribution < -0.4 is 0 Å². The third kappa shape index (κ3) is 2.40. The largest absolute Gasteiger partial charge is 0.285 e. The zero-order chi connectivity index (χ0) is 11.5. The van der Waals surface area contributed by atoms with Gasteiger partial charge in [-0.2, -0.15) is 5.26 Å². The Morgan fingerprint density at radius 1 is 1.06 bits per heavy atom. The van der Waals surface area contributed by atoms with Crippen LogP contribution in [-0.2, 0) is 0 Å². The van der Waals surface area contributed by atoms with E-state index in [4.69, 9.17) is 0 Å². The highest BCUT2D eigenvalue weighted by atomic mass is 15.2.